The van der Waals surface area contributed by atoms with Crippen molar-refractivity contribution in [1.29, 1.82) is 0 Å². The summed E-state index contributed by atoms with van der Waals surface area (Å²) >= 11 is 0. The second-order valence-corrected chi connectivity index (χ2v) is 6.12. The van der Waals surface area contributed by atoms with Gasteiger partial charge >= 0.3 is 0 Å². The Bertz CT molecular complexity index is 374. The van der Waals surface area contributed by atoms with E-state index < -0.39 is 0 Å². The van der Waals surface area contributed by atoms with Crippen molar-refractivity contribution in [1.82, 2.24) is 10.2 Å². The molecule has 1 heterocycles. The normalized spacial score (nSPS) is 26.6. The molecule has 1 fully saturated rings. The highest BCUT2D eigenvalue weighted by atomic mass is 15.2. The average molecular weight is 260 g/mol. The van der Waals surface area contributed by atoms with Crippen molar-refractivity contribution in [2.75, 3.05) is 13.1 Å². The van der Waals surface area contributed by atoms with Gasteiger partial charge in [0.1, 0.15) is 0 Å². The molecular formula is C17H28N2. The SMILES string of the molecule is CCC(C)C1CN(C(C)C)C(c2ccccc2)CN1. The average Bonchev–Trinajstić information content (AvgIpc) is 2.46. The van der Waals surface area contributed by atoms with Crippen LogP contribution in [0.1, 0.15) is 45.7 Å². The molecule has 1 aromatic carbocycles. The van der Waals surface area contributed by atoms with Gasteiger partial charge in [-0.05, 0) is 25.3 Å². The van der Waals surface area contributed by atoms with Crippen LogP contribution in [0.25, 0.3) is 0 Å². The topological polar surface area (TPSA) is 15.3 Å². The fraction of sp³-hybridized carbons (Fsp3) is 0.647. The van der Waals surface area contributed by atoms with Gasteiger partial charge in [-0.15, -0.1) is 0 Å². The molecule has 0 radical (unpaired) electrons. The van der Waals surface area contributed by atoms with Gasteiger partial charge in [0.2, 0.25) is 0 Å². The molecule has 1 aromatic rings. The third-order valence-electron chi connectivity index (χ3n) is 4.56. The van der Waals surface area contributed by atoms with Gasteiger partial charge in [0.15, 0.2) is 0 Å². The summed E-state index contributed by atoms with van der Waals surface area (Å²) in [5.41, 5.74) is 1.44. The van der Waals surface area contributed by atoms with E-state index in [2.05, 4.69) is 68.2 Å². The van der Waals surface area contributed by atoms with E-state index in [1.165, 1.54) is 12.0 Å². The van der Waals surface area contributed by atoms with Crippen LogP contribution >= 0.6 is 0 Å². The molecule has 2 heteroatoms. The Morgan fingerprint density at radius 2 is 1.89 bits per heavy atom. The highest BCUT2D eigenvalue weighted by molar-refractivity contribution is 5.20. The lowest BCUT2D eigenvalue weighted by Crippen LogP contribution is -2.56. The van der Waals surface area contributed by atoms with Crippen molar-refractivity contribution >= 4 is 0 Å². The van der Waals surface area contributed by atoms with Crippen LogP contribution in [-0.2, 0) is 0 Å². The van der Waals surface area contributed by atoms with Gasteiger partial charge in [-0.2, -0.15) is 0 Å². The first kappa shape index (κ1) is 14.5. The van der Waals surface area contributed by atoms with Gasteiger partial charge in [-0.25, -0.2) is 0 Å². The van der Waals surface area contributed by atoms with Crippen LogP contribution in [-0.4, -0.2) is 30.1 Å². The molecule has 106 valence electrons. The number of nitrogens with one attached hydrogen (secondary N) is 1. The van der Waals surface area contributed by atoms with Gasteiger partial charge in [0.25, 0.3) is 0 Å². The Morgan fingerprint density at radius 3 is 2.47 bits per heavy atom. The summed E-state index contributed by atoms with van der Waals surface area (Å²) in [4.78, 5) is 2.66. The maximum absolute atomic E-state index is 3.76. The zero-order valence-corrected chi connectivity index (χ0v) is 12.8. The molecule has 1 N–H and O–H groups in total. The van der Waals surface area contributed by atoms with Gasteiger partial charge in [0.05, 0.1) is 0 Å². The molecule has 1 aliphatic heterocycles. The quantitative estimate of drug-likeness (QED) is 0.892. The molecule has 0 aliphatic carbocycles. The van der Waals surface area contributed by atoms with Crippen molar-refractivity contribution in [2.24, 2.45) is 5.92 Å². The van der Waals surface area contributed by atoms with Crippen LogP contribution in [0.5, 0.6) is 0 Å². The molecule has 0 aromatic heterocycles. The molecule has 0 amide bonds. The predicted molar refractivity (Wildman–Crippen MR) is 82.3 cm³/mol. The van der Waals surface area contributed by atoms with Crippen LogP contribution in [0.3, 0.4) is 0 Å². The van der Waals surface area contributed by atoms with E-state index in [0.29, 0.717) is 18.1 Å². The molecule has 1 aliphatic rings. The lowest BCUT2D eigenvalue weighted by molar-refractivity contribution is 0.0797. The number of piperazine rings is 1. The molecule has 3 atom stereocenters. The lowest BCUT2D eigenvalue weighted by Gasteiger charge is -2.44. The Balaban J connectivity index is 2.13. The summed E-state index contributed by atoms with van der Waals surface area (Å²) in [5, 5.41) is 3.76. The molecule has 2 rings (SSSR count). The van der Waals surface area contributed by atoms with Crippen molar-refractivity contribution in [3.05, 3.63) is 35.9 Å². The third kappa shape index (κ3) is 3.37. The van der Waals surface area contributed by atoms with E-state index in [1.54, 1.807) is 0 Å². The van der Waals surface area contributed by atoms with Gasteiger partial charge in [0, 0.05) is 31.2 Å². The standard InChI is InChI=1S/C17H28N2/c1-5-14(4)16-12-19(13(2)3)17(11-18-16)15-9-7-6-8-10-15/h6-10,13-14,16-18H,5,11-12H2,1-4H3. The predicted octanol–water partition coefficient (Wildman–Crippen LogP) is 3.46. The van der Waals surface area contributed by atoms with Crippen LogP contribution < -0.4 is 5.32 Å². The van der Waals surface area contributed by atoms with Crippen molar-refractivity contribution in [2.45, 2.75) is 52.2 Å². The smallest absolute Gasteiger partial charge is 0.0476 e. The molecule has 2 nitrogen and oxygen atoms in total. The largest absolute Gasteiger partial charge is 0.311 e. The molecule has 1 saturated heterocycles. The Hall–Kier alpha value is -0.860. The third-order valence-corrected chi connectivity index (χ3v) is 4.56. The number of hydrogen-bond donors (Lipinski definition) is 1. The molecule has 0 spiro atoms. The van der Waals surface area contributed by atoms with Crippen LogP contribution in [0.4, 0.5) is 0 Å². The summed E-state index contributed by atoms with van der Waals surface area (Å²) in [6, 6.07) is 12.6. The number of benzene rings is 1. The number of nitrogens with zero attached hydrogens (tertiary/aromatic N) is 1. The first-order chi connectivity index (χ1) is 9.13. The Kier molecular flexibility index (Phi) is 5.00. The lowest BCUT2D eigenvalue weighted by atomic mass is 9.92. The fourth-order valence-corrected chi connectivity index (χ4v) is 3.02. The summed E-state index contributed by atoms with van der Waals surface area (Å²) < 4.78 is 0. The Morgan fingerprint density at radius 1 is 1.21 bits per heavy atom. The maximum atomic E-state index is 3.76. The van der Waals surface area contributed by atoms with Gasteiger partial charge in [-0.1, -0.05) is 50.6 Å². The van der Waals surface area contributed by atoms with Crippen molar-refractivity contribution in [3.63, 3.8) is 0 Å². The van der Waals surface area contributed by atoms with E-state index in [0.717, 1.165) is 19.0 Å². The first-order valence-electron chi connectivity index (χ1n) is 7.67. The molecule has 3 unspecified atom stereocenters. The Labute approximate surface area is 118 Å². The number of rotatable bonds is 4. The van der Waals surface area contributed by atoms with E-state index in [4.69, 9.17) is 0 Å². The minimum Gasteiger partial charge on any atom is -0.311 e. The molecule has 19 heavy (non-hydrogen) atoms. The van der Waals surface area contributed by atoms with E-state index in [-0.39, 0.29) is 0 Å². The minimum atomic E-state index is 0.515. The zero-order valence-electron chi connectivity index (χ0n) is 12.8. The van der Waals surface area contributed by atoms with Crippen LogP contribution in [0.15, 0.2) is 30.3 Å². The van der Waals surface area contributed by atoms with Gasteiger partial charge in [-0.3, -0.25) is 4.90 Å². The molecular weight excluding hydrogens is 232 g/mol. The number of hydrogen-bond acceptors (Lipinski definition) is 2. The van der Waals surface area contributed by atoms with Crippen molar-refractivity contribution < 1.29 is 0 Å². The van der Waals surface area contributed by atoms with Crippen molar-refractivity contribution in [3.8, 4) is 0 Å². The highest BCUT2D eigenvalue weighted by Crippen LogP contribution is 2.27. The van der Waals surface area contributed by atoms with Crippen LogP contribution in [0.2, 0.25) is 0 Å². The van der Waals surface area contributed by atoms with Gasteiger partial charge < -0.3 is 5.32 Å². The van der Waals surface area contributed by atoms with E-state index in [1.807, 2.05) is 0 Å². The van der Waals surface area contributed by atoms with E-state index in [9.17, 15) is 0 Å². The summed E-state index contributed by atoms with van der Waals surface area (Å²) in [6.45, 7) is 11.5. The highest BCUT2D eigenvalue weighted by Gasteiger charge is 2.32. The van der Waals surface area contributed by atoms with Crippen LogP contribution in [0, 0.1) is 5.92 Å². The first-order valence-corrected chi connectivity index (χ1v) is 7.67. The summed E-state index contributed by atoms with van der Waals surface area (Å²) in [5.74, 6) is 0.748. The molecule has 0 bridgehead atoms. The van der Waals surface area contributed by atoms with E-state index >= 15 is 0 Å². The summed E-state index contributed by atoms with van der Waals surface area (Å²) in [6.07, 6.45) is 1.25. The second-order valence-electron chi connectivity index (χ2n) is 6.12. The second kappa shape index (κ2) is 6.53. The molecule has 0 saturated carbocycles. The zero-order chi connectivity index (χ0) is 13.8. The summed E-state index contributed by atoms with van der Waals surface area (Å²) in [7, 11) is 0. The fourth-order valence-electron chi connectivity index (χ4n) is 3.02. The minimum absolute atomic E-state index is 0.515. The monoisotopic (exact) mass is 260 g/mol. The maximum Gasteiger partial charge on any atom is 0.0476 e.